The van der Waals surface area contributed by atoms with Crippen molar-refractivity contribution in [2.24, 2.45) is 11.3 Å². The molecule has 2 N–H and O–H groups in total. The van der Waals surface area contributed by atoms with E-state index >= 15 is 0 Å². The summed E-state index contributed by atoms with van der Waals surface area (Å²) in [5.41, 5.74) is -3.46. The van der Waals surface area contributed by atoms with Gasteiger partial charge in [0, 0.05) is 44.6 Å². The van der Waals surface area contributed by atoms with Crippen LogP contribution in [0.4, 0.5) is 22.4 Å². The van der Waals surface area contributed by atoms with Crippen LogP contribution in [0.1, 0.15) is 50.5 Å². The van der Waals surface area contributed by atoms with E-state index in [4.69, 9.17) is 11.6 Å². The van der Waals surface area contributed by atoms with Gasteiger partial charge < -0.3 is 15.3 Å². The van der Waals surface area contributed by atoms with E-state index in [1.165, 1.54) is 17.0 Å². The van der Waals surface area contributed by atoms with Crippen LogP contribution in [0.15, 0.2) is 18.2 Å². The summed E-state index contributed by atoms with van der Waals surface area (Å²) < 4.78 is 55.4. The first-order valence-electron chi connectivity index (χ1n) is 12.5. The molecule has 3 fully saturated rings. The zero-order valence-electron chi connectivity index (χ0n) is 20.4. The predicted octanol–water partition coefficient (Wildman–Crippen LogP) is 4.44. The lowest BCUT2D eigenvalue weighted by Crippen LogP contribution is -2.63. The molecule has 0 unspecified atom stereocenters. The molecule has 0 aromatic heterocycles. The number of likely N-dealkylation sites (N-methyl/N-ethyl adjacent to an activating group) is 1. The Balaban J connectivity index is 1.60. The zero-order chi connectivity index (χ0) is 27.2. The van der Waals surface area contributed by atoms with Crippen molar-refractivity contribution in [1.82, 2.24) is 15.1 Å². The summed E-state index contributed by atoms with van der Waals surface area (Å²) in [5, 5.41) is 13.0. The van der Waals surface area contributed by atoms with Gasteiger partial charge in [0.15, 0.2) is 5.78 Å². The van der Waals surface area contributed by atoms with Gasteiger partial charge in [-0.3, -0.25) is 14.5 Å². The molecule has 1 aliphatic carbocycles. The quantitative estimate of drug-likeness (QED) is 0.514. The molecule has 3 aliphatic rings. The second kappa shape index (κ2) is 10.1. The molecule has 37 heavy (non-hydrogen) atoms. The highest BCUT2D eigenvalue weighted by Gasteiger charge is 2.64. The van der Waals surface area contributed by atoms with Crippen LogP contribution < -0.4 is 5.32 Å². The Morgan fingerprint density at radius 1 is 1.22 bits per heavy atom. The van der Waals surface area contributed by atoms with Gasteiger partial charge in [0.1, 0.15) is 16.8 Å². The lowest BCUT2D eigenvalue weighted by molar-refractivity contribution is -0.249. The SMILES string of the molecule is CCN(C(=O)O)[C@]1(C(=O)C2CCN(C(=O)C3(C(F)(F)F)CCC3)CC2)CNC[C@H]1c1ccc(Cl)c(F)c1. The second-order valence-corrected chi connectivity index (χ2v) is 10.6. The Hall–Kier alpha value is -2.40. The Morgan fingerprint density at radius 2 is 1.86 bits per heavy atom. The molecule has 1 aromatic carbocycles. The smallest absolute Gasteiger partial charge is 0.408 e. The van der Waals surface area contributed by atoms with Crippen LogP contribution >= 0.6 is 11.6 Å². The number of ketones is 1. The van der Waals surface area contributed by atoms with Crippen LogP contribution in [-0.4, -0.2) is 77.1 Å². The van der Waals surface area contributed by atoms with E-state index in [1.54, 1.807) is 13.0 Å². The molecule has 2 amide bonds. The molecule has 0 spiro atoms. The van der Waals surface area contributed by atoms with E-state index in [-0.39, 0.29) is 69.2 Å². The van der Waals surface area contributed by atoms with E-state index in [2.05, 4.69) is 5.32 Å². The Morgan fingerprint density at radius 3 is 2.35 bits per heavy atom. The number of piperidine rings is 1. The van der Waals surface area contributed by atoms with Crippen molar-refractivity contribution in [3.05, 3.63) is 34.6 Å². The number of amides is 2. The van der Waals surface area contributed by atoms with Gasteiger partial charge in [-0.05, 0) is 50.3 Å². The number of carboxylic acid groups (broad SMARTS) is 1. The first-order valence-corrected chi connectivity index (χ1v) is 12.8. The van der Waals surface area contributed by atoms with Gasteiger partial charge in [-0.1, -0.05) is 24.1 Å². The maximum absolute atomic E-state index is 14.3. The number of alkyl halides is 3. The largest absolute Gasteiger partial charge is 0.465 e. The van der Waals surface area contributed by atoms with E-state index in [0.29, 0.717) is 12.0 Å². The molecule has 2 heterocycles. The molecule has 0 bridgehead atoms. The number of carbonyl (C=O) groups excluding carboxylic acids is 2. The lowest BCUT2D eigenvalue weighted by atomic mass is 9.66. The van der Waals surface area contributed by atoms with E-state index in [9.17, 15) is 37.1 Å². The van der Waals surface area contributed by atoms with Gasteiger partial charge >= 0.3 is 12.3 Å². The minimum absolute atomic E-state index is 0.000753. The summed E-state index contributed by atoms with van der Waals surface area (Å²) in [6.07, 6.45) is -5.80. The molecule has 204 valence electrons. The first kappa shape index (κ1) is 27.6. The van der Waals surface area contributed by atoms with Gasteiger partial charge in [-0.15, -0.1) is 0 Å². The summed E-state index contributed by atoms with van der Waals surface area (Å²) >= 11 is 5.83. The van der Waals surface area contributed by atoms with Crippen LogP contribution in [-0.2, 0) is 9.59 Å². The van der Waals surface area contributed by atoms with Crippen molar-refractivity contribution in [3.63, 3.8) is 0 Å². The summed E-state index contributed by atoms with van der Waals surface area (Å²) in [6.45, 7) is 1.81. The topological polar surface area (TPSA) is 90.0 Å². The number of likely N-dealkylation sites (tertiary alicyclic amines) is 1. The third-order valence-corrected chi connectivity index (χ3v) is 8.74. The van der Waals surface area contributed by atoms with Gasteiger partial charge in [0.2, 0.25) is 5.91 Å². The number of hydrogen-bond acceptors (Lipinski definition) is 4. The van der Waals surface area contributed by atoms with Gasteiger partial charge in [0.25, 0.3) is 0 Å². The van der Waals surface area contributed by atoms with Crippen LogP contribution in [0.5, 0.6) is 0 Å². The number of hydrogen-bond donors (Lipinski definition) is 2. The van der Waals surface area contributed by atoms with E-state index < -0.39 is 46.8 Å². The Kier molecular flexibility index (Phi) is 7.51. The third kappa shape index (κ3) is 4.47. The van der Waals surface area contributed by atoms with Crippen molar-refractivity contribution in [2.75, 3.05) is 32.7 Å². The zero-order valence-corrected chi connectivity index (χ0v) is 21.2. The fourth-order valence-corrected chi connectivity index (χ4v) is 6.35. The number of benzene rings is 1. The van der Waals surface area contributed by atoms with Crippen molar-refractivity contribution in [3.8, 4) is 0 Å². The van der Waals surface area contributed by atoms with Crippen LogP contribution in [0.2, 0.25) is 5.02 Å². The average Bonchev–Trinajstić information content (AvgIpc) is 3.24. The molecule has 7 nitrogen and oxygen atoms in total. The fraction of sp³-hybridized carbons (Fsp3) is 0.640. The predicted molar refractivity (Wildman–Crippen MR) is 127 cm³/mol. The van der Waals surface area contributed by atoms with Crippen LogP contribution in [0.25, 0.3) is 0 Å². The van der Waals surface area contributed by atoms with Gasteiger partial charge in [0.05, 0.1) is 5.02 Å². The summed E-state index contributed by atoms with van der Waals surface area (Å²) in [5.74, 6) is -3.37. The molecule has 2 aliphatic heterocycles. The summed E-state index contributed by atoms with van der Waals surface area (Å²) in [4.78, 5) is 41.5. The number of Topliss-reactive ketones (excluding diaryl/α,β-unsaturated/α-hetero) is 1. The normalized spacial score (nSPS) is 26.0. The van der Waals surface area contributed by atoms with Crippen molar-refractivity contribution < 1.29 is 37.1 Å². The highest BCUT2D eigenvalue weighted by Crippen LogP contribution is 2.54. The minimum Gasteiger partial charge on any atom is -0.465 e. The van der Waals surface area contributed by atoms with Crippen molar-refractivity contribution in [2.45, 2.75) is 56.7 Å². The maximum atomic E-state index is 14.3. The molecular formula is C25H30ClF4N3O4. The van der Waals surface area contributed by atoms with E-state index in [1.807, 2.05) is 0 Å². The third-order valence-electron chi connectivity index (χ3n) is 8.43. The molecule has 2 atom stereocenters. The number of nitrogens with zero attached hydrogens (tertiary/aromatic N) is 2. The molecule has 2 saturated heterocycles. The maximum Gasteiger partial charge on any atom is 0.408 e. The fourth-order valence-electron chi connectivity index (χ4n) is 6.24. The molecule has 12 heteroatoms. The molecular weight excluding hydrogens is 518 g/mol. The van der Waals surface area contributed by atoms with Gasteiger partial charge in [-0.2, -0.15) is 13.2 Å². The second-order valence-electron chi connectivity index (χ2n) is 10.2. The monoisotopic (exact) mass is 547 g/mol. The van der Waals surface area contributed by atoms with Crippen LogP contribution in [0.3, 0.4) is 0 Å². The molecule has 1 aromatic rings. The Labute approximate surface area is 217 Å². The molecule has 4 rings (SSSR count). The lowest BCUT2D eigenvalue weighted by Gasteiger charge is -2.47. The highest BCUT2D eigenvalue weighted by atomic mass is 35.5. The van der Waals surface area contributed by atoms with Crippen molar-refractivity contribution in [1.29, 1.82) is 0 Å². The molecule has 0 radical (unpaired) electrons. The van der Waals surface area contributed by atoms with Gasteiger partial charge in [-0.25, -0.2) is 9.18 Å². The summed E-state index contributed by atoms with van der Waals surface area (Å²) in [6, 6.07) is 4.13. The molecule has 1 saturated carbocycles. The standard InChI is InChI=1S/C25H30ClF4N3O4/c1-2-33(22(36)37)24(14-31-13-17(24)16-4-5-18(26)19(27)12-16)20(34)15-6-10-32(11-7-15)21(35)23(8-3-9-23)25(28,29)30/h4-5,12,15,17,31H,2-3,6-11,13-14H2,1H3,(H,36,37)/t17-,24+/m0/s1. The van der Waals surface area contributed by atoms with Crippen LogP contribution in [0, 0.1) is 17.2 Å². The number of carbonyl (C=O) groups is 3. The van der Waals surface area contributed by atoms with Crippen molar-refractivity contribution >= 4 is 29.4 Å². The number of nitrogens with one attached hydrogen (secondary N) is 1. The summed E-state index contributed by atoms with van der Waals surface area (Å²) in [7, 11) is 0. The number of rotatable bonds is 6. The Bertz CT molecular complexity index is 1070. The number of halogens is 5. The highest BCUT2D eigenvalue weighted by molar-refractivity contribution is 6.30. The van der Waals surface area contributed by atoms with E-state index in [0.717, 1.165) is 4.90 Å². The average molecular weight is 548 g/mol. The first-order chi connectivity index (χ1) is 17.4. The minimum atomic E-state index is -4.63.